The van der Waals surface area contributed by atoms with Gasteiger partial charge in [-0.1, -0.05) is 0 Å². The lowest BCUT2D eigenvalue weighted by Gasteiger charge is -2.46. The summed E-state index contributed by atoms with van der Waals surface area (Å²) >= 11 is 0. The van der Waals surface area contributed by atoms with Crippen molar-refractivity contribution in [1.82, 2.24) is 4.98 Å². The van der Waals surface area contributed by atoms with Gasteiger partial charge in [-0.05, 0) is 49.6 Å². The molecule has 2 heterocycles. The van der Waals surface area contributed by atoms with E-state index < -0.39 is 37.7 Å². The van der Waals surface area contributed by atoms with E-state index in [0.717, 1.165) is 12.5 Å². The molecule has 164 valence electrons. The standard InChI is InChI=1S/C20H22FN5O4S/c1-30-13-4-6-16(24-10-13)17(27)25-12-3-5-15(21)14(9-12)20(23)11-31(28,29)19(7-2-8-19)18(22)26-20/h3-6,9-10H,2,7-8,11,23H2,1H3,(H2,22,26)(H,25,27)/t20-/m0/s1. The highest BCUT2D eigenvalue weighted by Crippen LogP contribution is 2.45. The van der Waals surface area contributed by atoms with E-state index in [4.69, 9.17) is 16.2 Å². The number of amidine groups is 1. The Kier molecular flexibility index (Phi) is 4.97. The zero-order chi connectivity index (χ0) is 22.4. The molecule has 1 saturated carbocycles. The molecule has 2 aliphatic rings. The van der Waals surface area contributed by atoms with Crippen LogP contribution in [0.1, 0.15) is 35.3 Å². The number of aromatic nitrogens is 1. The second-order valence-corrected chi connectivity index (χ2v) is 10.1. The van der Waals surface area contributed by atoms with Gasteiger partial charge in [0.05, 0.1) is 19.1 Å². The minimum atomic E-state index is -3.75. The number of nitrogens with zero attached hydrogens (tertiary/aromatic N) is 2. The Bertz CT molecular complexity index is 1180. The van der Waals surface area contributed by atoms with E-state index in [-0.39, 0.29) is 22.8 Å². The van der Waals surface area contributed by atoms with Gasteiger partial charge < -0.3 is 21.5 Å². The highest BCUT2D eigenvalue weighted by Gasteiger charge is 2.58. The van der Waals surface area contributed by atoms with Gasteiger partial charge in [0.25, 0.3) is 5.91 Å². The second kappa shape index (κ2) is 7.27. The highest BCUT2D eigenvalue weighted by atomic mass is 32.2. The van der Waals surface area contributed by atoms with Crippen molar-refractivity contribution in [3.8, 4) is 5.75 Å². The van der Waals surface area contributed by atoms with Crippen LogP contribution in [0.25, 0.3) is 0 Å². The summed E-state index contributed by atoms with van der Waals surface area (Å²) in [5, 5.41) is 2.60. The first-order valence-electron chi connectivity index (χ1n) is 9.59. The van der Waals surface area contributed by atoms with E-state index in [1.807, 2.05) is 0 Å². The lowest BCUT2D eigenvalue weighted by Crippen LogP contribution is -2.64. The Labute approximate surface area is 178 Å². The summed E-state index contributed by atoms with van der Waals surface area (Å²) in [6.45, 7) is 0. The van der Waals surface area contributed by atoms with Crippen LogP contribution >= 0.6 is 0 Å². The van der Waals surface area contributed by atoms with E-state index in [1.54, 1.807) is 6.07 Å². The number of hydrogen-bond acceptors (Lipinski definition) is 8. The van der Waals surface area contributed by atoms with Gasteiger partial charge in [-0.15, -0.1) is 0 Å². The first kappa shape index (κ1) is 21.2. The molecular formula is C20H22FN5O4S. The number of amides is 1. The average Bonchev–Trinajstić information content (AvgIpc) is 2.67. The fraction of sp³-hybridized carbons (Fsp3) is 0.350. The van der Waals surface area contributed by atoms with Crippen molar-refractivity contribution in [2.45, 2.75) is 29.7 Å². The topological polar surface area (TPSA) is 150 Å². The molecule has 9 nitrogen and oxygen atoms in total. The molecule has 11 heteroatoms. The van der Waals surface area contributed by atoms with Gasteiger partial charge in [0.1, 0.15) is 27.8 Å². The van der Waals surface area contributed by atoms with E-state index in [0.29, 0.717) is 18.6 Å². The van der Waals surface area contributed by atoms with Crippen LogP contribution in [0.15, 0.2) is 41.5 Å². The largest absolute Gasteiger partial charge is 0.495 e. The van der Waals surface area contributed by atoms with Crippen molar-refractivity contribution >= 4 is 27.3 Å². The van der Waals surface area contributed by atoms with Crippen LogP contribution in [0.3, 0.4) is 0 Å². The predicted molar refractivity (Wildman–Crippen MR) is 113 cm³/mol. The summed E-state index contributed by atoms with van der Waals surface area (Å²) in [7, 11) is -2.27. The van der Waals surface area contributed by atoms with Crippen molar-refractivity contribution in [3.05, 3.63) is 53.6 Å². The van der Waals surface area contributed by atoms with Gasteiger partial charge >= 0.3 is 0 Å². The van der Waals surface area contributed by atoms with Crippen LogP contribution in [0.4, 0.5) is 10.1 Å². The molecule has 0 saturated heterocycles. The Morgan fingerprint density at radius 1 is 1.26 bits per heavy atom. The van der Waals surface area contributed by atoms with Gasteiger partial charge in [0, 0.05) is 11.3 Å². The number of sulfone groups is 1. The molecule has 0 radical (unpaired) electrons. The number of pyridine rings is 1. The molecular weight excluding hydrogens is 425 g/mol. The van der Waals surface area contributed by atoms with Crippen LogP contribution in [-0.2, 0) is 15.5 Å². The number of ether oxygens (including phenoxy) is 1. The van der Waals surface area contributed by atoms with Gasteiger partial charge in [0.2, 0.25) is 0 Å². The number of rotatable bonds is 4. The van der Waals surface area contributed by atoms with Gasteiger partial charge in [0.15, 0.2) is 15.5 Å². The predicted octanol–water partition coefficient (Wildman–Crippen LogP) is 1.30. The molecule has 1 aromatic carbocycles. The van der Waals surface area contributed by atoms with Crippen LogP contribution in [-0.4, -0.2) is 42.8 Å². The summed E-state index contributed by atoms with van der Waals surface area (Å²) in [6.07, 6.45) is 2.88. The van der Waals surface area contributed by atoms with Gasteiger partial charge in [-0.3, -0.25) is 4.79 Å². The third kappa shape index (κ3) is 3.43. The number of carbonyl (C=O) groups is 1. The number of methoxy groups -OCH3 is 1. The third-order valence-corrected chi connectivity index (χ3v) is 8.48. The number of halogens is 1. The molecule has 1 aromatic heterocycles. The van der Waals surface area contributed by atoms with Crippen molar-refractivity contribution < 1.29 is 22.3 Å². The summed E-state index contributed by atoms with van der Waals surface area (Å²) in [6, 6.07) is 6.74. The van der Waals surface area contributed by atoms with E-state index in [1.165, 1.54) is 31.5 Å². The Balaban J connectivity index is 1.65. The molecule has 1 fully saturated rings. The molecule has 1 amide bonds. The number of carbonyl (C=O) groups excluding carboxylic acids is 1. The number of nitrogens with two attached hydrogens (primary N) is 2. The summed E-state index contributed by atoms with van der Waals surface area (Å²) in [4.78, 5) is 20.7. The Hall–Kier alpha value is -3.05. The molecule has 1 aliphatic heterocycles. The SMILES string of the molecule is COc1ccc(C(=O)Nc2ccc(F)c([C@]3(N)CS(=O)(=O)C4(CCC4)C(N)=N3)c2)nc1. The van der Waals surface area contributed by atoms with E-state index >= 15 is 0 Å². The molecule has 31 heavy (non-hydrogen) atoms. The van der Waals surface area contributed by atoms with Crippen LogP contribution < -0.4 is 21.5 Å². The van der Waals surface area contributed by atoms with Gasteiger partial charge in [-0.2, -0.15) is 0 Å². The summed E-state index contributed by atoms with van der Waals surface area (Å²) < 4.78 is 44.4. The van der Waals surface area contributed by atoms with Crippen molar-refractivity contribution in [2.24, 2.45) is 16.5 Å². The maximum atomic E-state index is 14.7. The smallest absolute Gasteiger partial charge is 0.274 e. The zero-order valence-corrected chi connectivity index (χ0v) is 17.6. The summed E-state index contributed by atoms with van der Waals surface area (Å²) in [5.74, 6) is -1.47. The molecule has 2 aromatic rings. The molecule has 4 rings (SSSR count). The number of aliphatic imine (C=N–C) groups is 1. The fourth-order valence-corrected chi connectivity index (χ4v) is 6.26. The fourth-order valence-electron chi connectivity index (χ4n) is 3.90. The maximum Gasteiger partial charge on any atom is 0.274 e. The first-order chi connectivity index (χ1) is 14.6. The highest BCUT2D eigenvalue weighted by molar-refractivity contribution is 7.93. The number of anilines is 1. The lowest BCUT2D eigenvalue weighted by atomic mass is 9.82. The quantitative estimate of drug-likeness (QED) is 0.639. The third-order valence-electron chi connectivity index (χ3n) is 5.85. The molecule has 0 unspecified atom stereocenters. The van der Waals surface area contributed by atoms with Crippen LogP contribution in [0.2, 0.25) is 0 Å². The van der Waals surface area contributed by atoms with E-state index in [9.17, 15) is 17.6 Å². The minimum absolute atomic E-state index is 0.0937. The second-order valence-electron chi connectivity index (χ2n) is 7.76. The molecule has 1 atom stereocenters. The first-order valence-corrected chi connectivity index (χ1v) is 11.2. The molecule has 5 N–H and O–H groups in total. The maximum absolute atomic E-state index is 14.7. The van der Waals surface area contributed by atoms with E-state index in [2.05, 4.69) is 15.3 Å². The van der Waals surface area contributed by atoms with Crippen molar-refractivity contribution in [1.29, 1.82) is 0 Å². The monoisotopic (exact) mass is 447 g/mol. The zero-order valence-electron chi connectivity index (χ0n) is 16.8. The number of hydrogen-bond donors (Lipinski definition) is 3. The normalized spacial score (nSPS) is 23.5. The Morgan fingerprint density at radius 3 is 2.55 bits per heavy atom. The average molecular weight is 447 g/mol. The molecule has 1 spiro atoms. The summed E-state index contributed by atoms with van der Waals surface area (Å²) in [5.41, 5.74) is 10.5. The number of nitrogens with one attached hydrogen (secondary N) is 1. The lowest BCUT2D eigenvalue weighted by molar-refractivity contribution is 0.102. The minimum Gasteiger partial charge on any atom is -0.495 e. The Morgan fingerprint density at radius 2 is 2.00 bits per heavy atom. The van der Waals surface area contributed by atoms with Gasteiger partial charge in [-0.25, -0.2) is 22.8 Å². The molecule has 1 aliphatic carbocycles. The molecule has 0 bridgehead atoms. The van der Waals surface area contributed by atoms with Crippen LogP contribution in [0.5, 0.6) is 5.75 Å². The van der Waals surface area contributed by atoms with Crippen molar-refractivity contribution in [2.75, 3.05) is 18.2 Å². The number of benzene rings is 1. The van der Waals surface area contributed by atoms with Crippen LogP contribution in [0, 0.1) is 5.82 Å². The van der Waals surface area contributed by atoms with Crippen molar-refractivity contribution in [3.63, 3.8) is 0 Å².